The number of nitrogens with zero attached hydrogens (tertiary/aromatic N) is 3. The van der Waals surface area contributed by atoms with Crippen molar-refractivity contribution >= 4 is 28.3 Å². The second-order valence-electron chi connectivity index (χ2n) is 4.62. The molecule has 0 saturated heterocycles. The molecule has 3 rings (SSSR count). The zero-order valence-electron chi connectivity index (χ0n) is 11.7. The van der Waals surface area contributed by atoms with Gasteiger partial charge in [-0.2, -0.15) is 9.36 Å². The summed E-state index contributed by atoms with van der Waals surface area (Å²) in [6.45, 7) is 3.95. The molecular formula is C14H14N4OS2. The molecule has 7 heteroatoms. The van der Waals surface area contributed by atoms with Crippen LogP contribution in [-0.4, -0.2) is 14.5 Å². The molecule has 1 aromatic carbocycles. The normalized spacial score (nSPS) is 11.0. The fourth-order valence-electron chi connectivity index (χ4n) is 1.84. The zero-order valence-corrected chi connectivity index (χ0v) is 13.3. The number of benzene rings is 1. The van der Waals surface area contributed by atoms with Gasteiger partial charge in [0.05, 0.1) is 17.0 Å². The van der Waals surface area contributed by atoms with Crippen molar-refractivity contribution < 1.29 is 4.52 Å². The molecule has 0 saturated carbocycles. The summed E-state index contributed by atoms with van der Waals surface area (Å²) >= 11 is 2.91. The summed E-state index contributed by atoms with van der Waals surface area (Å²) in [4.78, 5) is 5.58. The van der Waals surface area contributed by atoms with Crippen LogP contribution < -0.4 is 5.73 Å². The van der Waals surface area contributed by atoms with Gasteiger partial charge in [0, 0.05) is 4.90 Å². The van der Waals surface area contributed by atoms with Crippen LogP contribution in [0.4, 0.5) is 5.00 Å². The highest BCUT2D eigenvalue weighted by Crippen LogP contribution is 2.31. The van der Waals surface area contributed by atoms with Gasteiger partial charge in [-0.15, -0.1) is 11.8 Å². The molecule has 0 spiro atoms. The molecule has 2 aromatic heterocycles. The zero-order chi connectivity index (χ0) is 14.8. The van der Waals surface area contributed by atoms with Crippen molar-refractivity contribution in [3.05, 3.63) is 41.3 Å². The average Bonchev–Trinajstić information content (AvgIpc) is 3.05. The third kappa shape index (κ3) is 3.08. The van der Waals surface area contributed by atoms with Crippen molar-refractivity contribution in [2.45, 2.75) is 24.5 Å². The molecule has 0 radical (unpaired) electrons. The highest BCUT2D eigenvalue weighted by molar-refractivity contribution is 7.98. The first-order valence-electron chi connectivity index (χ1n) is 6.37. The Balaban J connectivity index is 1.72. The monoisotopic (exact) mass is 318 g/mol. The molecule has 21 heavy (non-hydrogen) atoms. The molecule has 108 valence electrons. The summed E-state index contributed by atoms with van der Waals surface area (Å²) in [6.07, 6.45) is 0. The minimum Gasteiger partial charge on any atom is -0.389 e. The summed E-state index contributed by atoms with van der Waals surface area (Å²) in [5.41, 5.74) is 8.70. The van der Waals surface area contributed by atoms with Gasteiger partial charge in [0.2, 0.25) is 0 Å². The molecule has 0 aliphatic carbocycles. The number of hydrogen-bond acceptors (Lipinski definition) is 7. The molecular weight excluding hydrogens is 304 g/mol. The second-order valence-corrected chi connectivity index (χ2v) is 6.48. The van der Waals surface area contributed by atoms with Gasteiger partial charge in [-0.25, -0.2) is 0 Å². The van der Waals surface area contributed by atoms with Gasteiger partial charge in [0.15, 0.2) is 5.82 Å². The average molecular weight is 318 g/mol. The first-order valence-corrected chi connectivity index (χ1v) is 8.13. The quantitative estimate of drug-likeness (QED) is 0.739. The lowest BCUT2D eigenvalue weighted by molar-refractivity contribution is 0.425. The van der Waals surface area contributed by atoms with Gasteiger partial charge in [0.25, 0.3) is 5.89 Å². The highest BCUT2D eigenvalue weighted by Gasteiger charge is 2.17. The van der Waals surface area contributed by atoms with Crippen molar-refractivity contribution in [1.29, 1.82) is 0 Å². The molecule has 0 bridgehead atoms. The summed E-state index contributed by atoms with van der Waals surface area (Å²) in [7, 11) is 0. The molecule has 5 nitrogen and oxygen atoms in total. The maximum atomic E-state index is 5.88. The number of hydrogen-bond donors (Lipinski definition) is 1. The Morgan fingerprint density at radius 1 is 1.24 bits per heavy atom. The fourth-order valence-corrected chi connectivity index (χ4v) is 3.24. The van der Waals surface area contributed by atoms with Crippen LogP contribution in [0.15, 0.2) is 33.7 Å². The van der Waals surface area contributed by atoms with Gasteiger partial charge in [0.1, 0.15) is 5.00 Å². The first-order chi connectivity index (χ1) is 10.1. The minimum absolute atomic E-state index is 0.443. The Bertz CT molecular complexity index is 729. The van der Waals surface area contributed by atoms with Crippen molar-refractivity contribution in [1.82, 2.24) is 14.5 Å². The van der Waals surface area contributed by atoms with Crippen LogP contribution in [0.25, 0.3) is 11.5 Å². The van der Waals surface area contributed by atoms with Crippen LogP contribution in [-0.2, 0) is 5.75 Å². The van der Waals surface area contributed by atoms with Gasteiger partial charge in [-0.05, 0) is 37.5 Å². The van der Waals surface area contributed by atoms with Crippen LogP contribution in [0, 0.1) is 13.8 Å². The van der Waals surface area contributed by atoms with Gasteiger partial charge in [-0.3, -0.25) is 0 Å². The van der Waals surface area contributed by atoms with E-state index in [4.69, 9.17) is 10.3 Å². The third-order valence-electron chi connectivity index (χ3n) is 2.96. The second kappa shape index (κ2) is 5.87. The number of thioether (sulfide) groups is 1. The fraction of sp³-hybridized carbons (Fsp3) is 0.214. The Morgan fingerprint density at radius 2 is 2.00 bits per heavy atom. The Morgan fingerprint density at radius 3 is 2.67 bits per heavy atom. The molecule has 2 heterocycles. The number of anilines is 1. The van der Waals surface area contributed by atoms with Crippen LogP contribution >= 0.6 is 23.3 Å². The van der Waals surface area contributed by atoms with Gasteiger partial charge in [-0.1, -0.05) is 22.9 Å². The van der Waals surface area contributed by atoms with E-state index < -0.39 is 0 Å². The molecule has 2 N–H and O–H groups in total. The number of rotatable bonds is 4. The lowest BCUT2D eigenvalue weighted by Crippen LogP contribution is -1.88. The Hall–Kier alpha value is -1.86. The van der Waals surface area contributed by atoms with E-state index in [2.05, 4.69) is 45.7 Å². The van der Waals surface area contributed by atoms with E-state index in [9.17, 15) is 0 Å². The van der Waals surface area contributed by atoms with E-state index in [0.717, 1.165) is 11.3 Å². The summed E-state index contributed by atoms with van der Waals surface area (Å²) in [6, 6.07) is 8.36. The van der Waals surface area contributed by atoms with Crippen LogP contribution in [0.5, 0.6) is 0 Å². The molecule has 3 aromatic rings. The number of aryl methyl sites for hydroxylation is 2. The van der Waals surface area contributed by atoms with E-state index in [1.54, 1.807) is 11.8 Å². The number of aromatic nitrogens is 3. The summed E-state index contributed by atoms with van der Waals surface area (Å²) in [5.74, 6) is 1.75. The molecule has 0 aliphatic rings. The smallest absolute Gasteiger partial charge is 0.262 e. The predicted molar refractivity (Wildman–Crippen MR) is 85.3 cm³/mol. The minimum atomic E-state index is 0.443. The van der Waals surface area contributed by atoms with Crippen molar-refractivity contribution in [3.63, 3.8) is 0 Å². The van der Waals surface area contributed by atoms with E-state index in [0.29, 0.717) is 22.5 Å². The largest absolute Gasteiger partial charge is 0.389 e. The molecule has 0 fully saturated rings. The Kier molecular flexibility index (Phi) is 3.94. The van der Waals surface area contributed by atoms with Crippen LogP contribution in [0.1, 0.15) is 17.1 Å². The van der Waals surface area contributed by atoms with E-state index in [1.165, 1.54) is 22.0 Å². The predicted octanol–water partition coefficient (Wildman–Crippen LogP) is 3.68. The van der Waals surface area contributed by atoms with Gasteiger partial charge >= 0.3 is 0 Å². The van der Waals surface area contributed by atoms with Crippen molar-refractivity contribution in [2.75, 3.05) is 5.73 Å². The number of nitrogen functional groups attached to an aromatic ring is 1. The van der Waals surface area contributed by atoms with Crippen LogP contribution in [0.3, 0.4) is 0 Å². The van der Waals surface area contributed by atoms with Crippen molar-refractivity contribution in [3.8, 4) is 11.5 Å². The molecule has 0 atom stereocenters. The number of nitrogens with two attached hydrogens (primary N) is 1. The standard InChI is InChI=1S/C14H14N4OS2/c1-8-3-5-10(6-4-8)20-7-11-16-14(19-17-11)12-9(2)18-21-13(12)15/h3-6H,7,15H2,1-2H3. The SMILES string of the molecule is Cc1ccc(SCc2noc(-c3c(C)nsc3N)n2)cc1. The van der Waals surface area contributed by atoms with Crippen molar-refractivity contribution in [2.24, 2.45) is 0 Å². The lowest BCUT2D eigenvalue weighted by atomic mass is 10.2. The molecule has 0 unspecified atom stereocenters. The Labute approximate surface area is 130 Å². The van der Waals surface area contributed by atoms with E-state index in [1.807, 2.05) is 6.92 Å². The van der Waals surface area contributed by atoms with E-state index in [-0.39, 0.29) is 0 Å². The summed E-state index contributed by atoms with van der Waals surface area (Å²) in [5, 5.41) is 4.61. The molecule has 0 aliphatic heterocycles. The maximum absolute atomic E-state index is 5.88. The molecule has 0 amide bonds. The highest BCUT2D eigenvalue weighted by atomic mass is 32.2. The van der Waals surface area contributed by atoms with E-state index >= 15 is 0 Å². The topological polar surface area (TPSA) is 77.8 Å². The third-order valence-corrected chi connectivity index (χ3v) is 4.73. The maximum Gasteiger partial charge on any atom is 0.262 e. The first kappa shape index (κ1) is 14.1. The lowest BCUT2D eigenvalue weighted by Gasteiger charge is -1.98. The summed E-state index contributed by atoms with van der Waals surface area (Å²) < 4.78 is 9.48. The van der Waals surface area contributed by atoms with Gasteiger partial charge < -0.3 is 10.3 Å². The van der Waals surface area contributed by atoms with Crippen LogP contribution in [0.2, 0.25) is 0 Å².